The van der Waals surface area contributed by atoms with Gasteiger partial charge in [0.1, 0.15) is 17.6 Å². The minimum absolute atomic E-state index is 0.104. The Morgan fingerprint density at radius 1 is 1.24 bits per heavy atom. The molecule has 1 aromatic carbocycles. The largest absolute Gasteiger partial charge is 0.465 e. The minimum Gasteiger partial charge on any atom is -0.465 e. The maximum atomic E-state index is 14.9. The Balaban J connectivity index is 1.86. The molecule has 1 spiro atoms. The van der Waals surface area contributed by atoms with Crippen LogP contribution in [0.1, 0.15) is 58.1 Å². The Morgan fingerprint density at radius 3 is 2.46 bits per heavy atom. The van der Waals surface area contributed by atoms with E-state index in [1.807, 2.05) is 59.7 Å². The Bertz CT molecular complexity index is 1190. The van der Waals surface area contributed by atoms with Gasteiger partial charge in [-0.05, 0) is 63.0 Å². The van der Waals surface area contributed by atoms with Gasteiger partial charge < -0.3 is 24.4 Å². The van der Waals surface area contributed by atoms with E-state index in [2.05, 4.69) is 13.2 Å². The Labute approximate surface area is 244 Å². The smallest absolute Gasteiger partial charge is 0.312 e. The molecule has 0 saturated carbocycles. The zero-order chi connectivity index (χ0) is 30.3. The SMILES string of the molecule is C=CCCCOC(=O)[C@@H]1[C@H]2C(=O)N([C@@H](CO)C(C)C)C(C(=O)N(CC=C)c3c(C)cccc3C)C23CC(C)[C@@]1(C)O3. The average Bonchev–Trinajstić information content (AvgIpc) is 3.42. The molecule has 0 aliphatic carbocycles. The van der Waals surface area contributed by atoms with Crippen molar-refractivity contribution >= 4 is 23.5 Å². The molecule has 41 heavy (non-hydrogen) atoms. The van der Waals surface area contributed by atoms with Gasteiger partial charge in [-0.3, -0.25) is 14.4 Å². The summed E-state index contributed by atoms with van der Waals surface area (Å²) in [5, 5.41) is 10.5. The number of nitrogens with zero attached hydrogens (tertiary/aromatic N) is 2. The van der Waals surface area contributed by atoms with E-state index in [0.717, 1.165) is 16.8 Å². The number of esters is 1. The molecular weight excluding hydrogens is 520 g/mol. The van der Waals surface area contributed by atoms with Gasteiger partial charge in [0.25, 0.3) is 5.91 Å². The highest BCUT2D eigenvalue weighted by Crippen LogP contribution is 2.66. The number of aliphatic hydroxyl groups is 1. The second-order valence-electron chi connectivity index (χ2n) is 12.5. The number of rotatable bonds is 12. The second kappa shape index (κ2) is 11.7. The lowest BCUT2D eigenvalue weighted by Gasteiger charge is -2.41. The summed E-state index contributed by atoms with van der Waals surface area (Å²) in [7, 11) is 0. The lowest BCUT2D eigenvalue weighted by atomic mass is 9.62. The van der Waals surface area contributed by atoms with E-state index in [1.54, 1.807) is 17.1 Å². The number of benzene rings is 1. The van der Waals surface area contributed by atoms with E-state index in [-0.39, 0.29) is 43.4 Å². The van der Waals surface area contributed by atoms with Crippen LogP contribution in [-0.4, -0.2) is 70.8 Å². The maximum absolute atomic E-state index is 14.9. The van der Waals surface area contributed by atoms with Crippen LogP contribution in [0.3, 0.4) is 0 Å². The first-order valence-electron chi connectivity index (χ1n) is 14.8. The molecule has 0 radical (unpaired) electrons. The van der Waals surface area contributed by atoms with Crippen LogP contribution in [0, 0.1) is 37.5 Å². The third-order valence-electron chi connectivity index (χ3n) is 9.64. The molecule has 1 N–H and O–H groups in total. The predicted molar refractivity (Wildman–Crippen MR) is 158 cm³/mol. The van der Waals surface area contributed by atoms with E-state index >= 15 is 0 Å². The van der Waals surface area contributed by atoms with Crippen molar-refractivity contribution < 1.29 is 29.0 Å². The standard InChI is InChI=1S/C33H46N2O6/c1-9-11-12-17-40-31(39)26-25-29(37)35(24(19-36)20(3)4)28(33(25)18-23(7)32(26,8)41-33)30(38)34(16-10-2)27-21(5)14-13-15-22(27)6/h9-10,13-15,20,23-26,28,36H,1-2,11-12,16-19H2,3-8H3/t23?,24-,25-,26-,28?,32+,33?/m0/s1. The number of allylic oxidation sites excluding steroid dienone is 1. The molecule has 3 saturated heterocycles. The lowest BCUT2D eigenvalue weighted by molar-refractivity contribution is -0.162. The molecule has 4 rings (SSSR count). The molecule has 3 heterocycles. The summed E-state index contributed by atoms with van der Waals surface area (Å²) in [5.41, 5.74) is 0.413. The average molecular weight is 567 g/mol. The molecule has 224 valence electrons. The zero-order valence-electron chi connectivity index (χ0n) is 25.4. The quantitative estimate of drug-likeness (QED) is 0.230. The second-order valence-corrected chi connectivity index (χ2v) is 12.5. The number of ether oxygens (including phenoxy) is 2. The van der Waals surface area contributed by atoms with Crippen LogP contribution in [0.15, 0.2) is 43.5 Å². The minimum atomic E-state index is -1.23. The summed E-state index contributed by atoms with van der Waals surface area (Å²) >= 11 is 0. The van der Waals surface area contributed by atoms with Crippen LogP contribution < -0.4 is 4.90 Å². The molecule has 2 amide bonds. The molecule has 3 aliphatic heterocycles. The van der Waals surface area contributed by atoms with Crippen LogP contribution in [0.4, 0.5) is 5.69 Å². The number of fused-ring (bicyclic) bond motifs is 1. The number of aryl methyl sites for hydroxylation is 2. The number of anilines is 1. The number of hydrogen-bond acceptors (Lipinski definition) is 6. The highest BCUT2D eigenvalue weighted by atomic mass is 16.6. The van der Waals surface area contributed by atoms with Crippen molar-refractivity contribution in [2.24, 2.45) is 23.7 Å². The summed E-state index contributed by atoms with van der Waals surface area (Å²) in [4.78, 5) is 46.3. The van der Waals surface area contributed by atoms with Crippen molar-refractivity contribution in [3.05, 3.63) is 54.6 Å². The first-order chi connectivity index (χ1) is 19.4. The van der Waals surface area contributed by atoms with Gasteiger partial charge in [-0.25, -0.2) is 0 Å². The van der Waals surface area contributed by atoms with Crippen LogP contribution in [0.25, 0.3) is 0 Å². The van der Waals surface area contributed by atoms with Crippen molar-refractivity contribution in [1.29, 1.82) is 0 Å². The van der Waals surface area contributed by atoms with E-state index < -0.39 is 41.1 Å². The highest BCUT2D eigenvalue weighted by molar-refractivity contribution is 6.05. The molecule has 2 bridgehead atoms. The summed E-state index contributed by atoms with van der Waals surface area (Å²) in [6.07, 6.45) is 5.24. The van der Waals surface area contributed by atoms with E-state index in [4.69, 9.17) is 9.47 Å². The summed E-state index contributed by atoms with van der Waals surface area (Å²) in [6, 6.07) is 4.19. The predicted octanol–water partition coefficient (Wildman–Crippen LogP) is 4.36. The van der Waals surface area contributed by atoms with Crippen LogP contribution in [-0.2, 0) is 23.9 Å². The number of aliphatic hydroxyl groups excluding tert-OH is 1. The monoisotopic (exact) mass is 566 g/mol. The lowest BCUT2D eigenvalue weighted by Crippen LogP contribution is -2.60. The van der Waals surface area contributed by atoms with Crippen molar-refractivity contribution in [3.63, 3.8) is 0 Å². The Morgan fingerprint density at radius 2 is 1.90 bits per heavy atom. The summed E-state index contributed by atoms with van der Waals surface area (Å²) < 4.78 is 12.5. The van der Waals surface area contributed by atoms with Crippen LogP contribution >= 0.6 is 0 Å². The third kappa shape index (κ3) is 4.83. The number of amides is 2. The Kier molecular flexibility index (Phi) is 8.86. The molecule has 3 aliphatic rings. The molecule has 8 nitrogen and oxygen atoms in total. The number of para-hydroxylation sites is 1. The summed E-state index contributed by atoms with van der Waals surface area (Å²) in [5.74, 6) is -3.10. The normalized spacial score (nSPS) is 30.8. The number of hydrogen-bond donors (Lipinski definition) is 1. The van der Waals surface area contributed by atoms with Crippen LogP contribution in [0.5, 0.6) is 0 Å². The first kappa shape index (κ1) is 31.0. The van der Waals surface area contributed by atoms with Crippen molar-refractivity contribution in [2.45, 2.75) is 84.1 Å². The van der Waals surface area contributed by atoms with Gasteiger partial charge in [0.15, 0.2) is 0 Å². The van der Waals surface area contributed by atoms with Gasteiger partial charge in [0.05, 0.1) is 30.8 Å². The van der Waals surface area contributed by atoms with Crippen molar-refractivity contribution in [3.8, 4) is 0 Å². The van der Waals surface area contributed by atoms with Gasteiger partial charge in [0.2, 0.25) is 5.91 Å². The number of carbonyl (C=O) groups is 3. The van der Waals surface area contributed by atoms with E-state index in [1.165, 1.54) is 4.90 Å². The molecule has 0 aromatic heterocycles. The highest BCUT2D eigenvalue weighted by Gasteiger charge is 2.81. The number of unbranched alkanes of at least 4 members (excludes halogenated alkanes) is 1. The number of carbonyl (C=O) groups excluding carboxylic acids is 3. The maximum Gasteiger partial charge on any atom is 0.312 e. The van der Waals surface area contributed by atoms with E-state index in [0.29, 0.717) is 19.3 Å². The van der Waals surface area contributed by atoms with Crippen molar-refractivity contribution in [2.75, 3.05) is 24.7 Å². The van der Waals surface area contributed by atoms with Crippen LogP contribution in [0.2, 0.25) is 0 Å². The third-order valence-corrected chi connectivity index (χ3v) is 9.64. The fourth-order valence-corrected chi connectivity index (χ4v) is 7.58. The molecule has 8 heteroatoms. The molecular formula is C33H46N2O6. The zero-order valence-corrected chi connectivity index (χ0v) is 25.4. The first-order valence-corrected chi connectivity index (χ1v) is 14.8. The van der Waals surface area contributed by atoms with Gasteiger partial charge in [-0.1, -0.05) is 51.1 Å². The molecule has 7 atom stereocenters. The Hall–Kier alpha value is -2.97. The van der Waals surface area contributed by atoms with Gasteiger partial charge in [-0.2, -0.15) is 0 Å². The topological polar surface area (TPSA) is 96.4 Å². The molecule has 1 aromatic rings. The molecule has 3 unspecified atom stereocenters. The van der Waals surface area contributed by atoms with Gasteiger partial charge >= 0.3 is 5.97 Å². The molecule has 3 fully saturated rings. The van der Waals surface area contributed by atoms with E-state index in [9.17, 15) is 19.5 Å². The fourth-order valence-electron chi connectivity index (χ4n) is 7.58. The van der Waals surface area contributed by atoms with Crippen molar-refractivity contribution in [1.82, 2.24) is 4.90 Å². The number of likely N-dealkylation sites (tertiary alicyclic amines) is 1. The fraction of sp³-hybridized carbons (Fsp3) is 0.606. The van der Waals surface area contributed by atoms with Gasteiger partial charge in [-0.15, -0.1) is 13.2 Å². The summed E-state index contributed by atoms with van der Waals surface area (Å²) in [6.45, 7) is 19.4. The van der Waals surface area contributed by atoms with Gasteiger partial charge in [0, 0.05) is 12.2 Å².